The summed E-state index contributed by atoms with van der Waals surface area (Å²) >= 11 is 0. The molecule has 0 aliphatic carbocycles. The second kappa shape index (κ2) is 10.5. The number of carbonyl (C=O) groups excluding carboxylic acids is 1. The zero-order chi connectivity index (χ0) is 17.5. The van der Waals surface area contributed by atoms with Gasteiger partial charge in [0, 0.05) is 39.1 Å². The maximum absolute atomic E-state index is 11.8. The molecule has 1 aromatic rings. The average molecular weight is 460 g/mol. The van der Waals surface area contributed by atoms with Crippen molar-refractivity contribution in [3.05, 3.63) is 29.3 Å². The topological polar surface area (TPSA) is 66.0 Å². The molecule has 1 saturated heterocycles. The van der Waals surface area contributed by atoms with E-state index in [4.69, 9.17) is 4.74 Å². The standard InChI is InChI=1S/C18H28N4O2.HI/c1-5-17(23)22-9-8-15(12-22)21-18(19-3)20-11-14-6-7-16(24-4)13(2)10-14;/h6-7,10,15H,5,8-9,11-12H2,1-4H3,(H2,19,20,21);1H. The number of aliphatic imine (C=N–C) groups is 1. The highest BCUT2D eigenvalue weighted by molar-refractivity contribution is 14.0. The largest absolute Gasteiger partial charge is 0.496 e. The Bertz CT molecular complexity index is 607. The minimum Gasteiger partial charge on any atom is -0.496 e. The molecule has 2 N–H and O–H groups in total. The van der Waals surface area contributed by atoms with Gasteiger partial charge in [-0.15, -0.1) is 24.0 Å². The van der Waals surface area contributed by atoms with Crippen LogP contribution in [0.25, 0.3) is 0 Å². The van der Waals surface area contributed by atoms with Crippen molar-refractivity contribution in [1.82, 2.24) is 15.5 Å². The fraction of sp³-hybridized carbons (Fsp3) is 0.556. The fourth-order valence-corrected chi connectivity index (χ4v) is 2.95. The van der Waals surface area contributed by atoms with Gasteiger partial charge in [-0.3, -0.25) is 9.79 Å². The van der Waals surface area contributed by atoms with Crippen LogP contribution < -0.4 is 15.4 Å². The molecule has 7 heteroatoms. The Balaban J connectivity index is 0.00000312. The molecule has 1 aliphatic heterocycles. The van der Waals surface area contributed by atoms with E-state index >= 15 is 0 Å². The third kappa shape index (κ3) is 6.05. The van der Waals surface area contributed by atoms with Gasteiger partial charge in [-0.1, -0.05) is 19.1 Å². The second-order valence-corrected chi connectivity index (χ2v) is 6.05. The number of rotatable bonds is 5. The molecule has 1 amide bonds. The first kappa shape index (κ1) is 21.5. The van der Waals surface area contributed by atoms with Crippen molar-refractivity contribution in [2.45, 2.75) is 39.3 Å². The molecule has 1 aromatic carbocycles. The molecule has 1 aliphatic rings. The molecular weight excluding hydrogens is 431 g/mol. The lowest BCUT2D eigenvalue weighted by Crippen LogP contribution is -2.44. The molecule has 0 aromatic heterocycles. The molecular formula is C18H29IN4O2. The van der Waals surface area contributed by atoms with Crippen LogP contribution in [0.1, 0.15) is 30.9 Å². The Kier molecular flexibility index (Phi) is 9.02. The number of halogens is 1. The van der Waals surface area contributed by atoms with Crippen LogP contribution in [0.5, 0.6) is 5.75 Å². The van der Waals surface area contributed by atoms with Crippen LogP contribution in [0, 0.1) is 6.92 Å². The van der Waals surface area contributed by atoms with Crippen molar-refractivity contribution < 1.29 is 9.53 Å². The lowest BCUT2D eigenvalue weighted by Gasteiger charge is -2.19. The van der Waals surface area contributed by atoms with E-state index in [1.165, 1.54) is 5.56 Å². The third-order valence-corrected chi connectivity index (χ3v) is 4.33. The monoisotopic (exact) mass is 460 g/mol. The highest BCUT2D eigenvalue weighted by Gasteiger charge is 2.25. The van der Waals surface area contributed by atoms with Gasteiger partial charge in [0.25, 0.3) is 0 Å². The molecule has 2 rings (SSSR count). The van der Waals surface area contributed by atoms with Crippen molar-refractivity contribution in [3.8, 4) is 5.75 Å². The van der Waals surface area contributed by atoms with Crippen LogP contribution in [0.15, 0.2) is 23.2 Å². The fourth-order valence-electron chi connectivity index (χ4n) is 2.95. The number of nitrogens with one attached hydrogen (secondary N) is 2. The lowest BCUT2D eigenvalue weighted by atomic mass is 10.1. The van der Waals surface area contributed by atoms with E-state index in [0.717, 1.165) is 36.8 Å². The summed E-state index contributed by atoms with van der Waals surface area (Å²) < 4.78 is 5.29. The smallest absolute Gasteiger partial charge is 0.222 e. The number of nitrogens with zero attached hydrogens (tertiary/aromatic N) is 2. The lowest BCUT2D eigenvalue weighted by molar-refractivity contribution is -0.129. The molecule has 0 spiro atoms. The Morgan fingerprint density at radius 3 is 2.80 bits per heavy atom. The summed E-state index contributed by atoms with van der Waals surface area (Å²) in [5.74, 6) is 1.88. The zero-order valence-corrected chi connectivity index (χ0v) is 17.8. The van der Waals surface area contributed by atoms with Crippen LogP contribution in [0.2, 0.25) is 0 Å². The quantitative estimate of drug-likeness (QED) is 0.402. The van der Waals surface area contributed by atoms with Crippen molar-refractivity contribution in [3.63, 3.8) is 0 Å². The molecule has 0 bridgehead atoms. The SMILES string of the molecule is CCC(=O)N1CCC(NC(=NC)NCc2ccc(OC)c(C)c2)C1.I. The number of likely N-dealkylation sites (tertiary alicyclic amines) is 1. The van der Waals surface area contributed by atoms with Crippen LogP contribution in [0.3, 0.4) is 0 Å². The van der Waals surface area contributed by atoms with Gasteiger partial charge in [-0.25, -0.2) is 0 Å². The Morgan fingerprint density at radius 1 is 1.44 bits per heavy atom. The van der Waals surface area contributed by atoms with E-state index in [1.807, 2.05) is 30.9 Å². The van der Waals surface area contributed by atoms with Gasteiger partial charge < -0.3 is 20.3 Å². The van der Waals surface area contributed by atoms with Gasteiger partial charge in [0.05, 0.1) is 7.11 Å². The molecule has 6 nitrogen and oxygen atoms in total. The van der Waals surface area contributed by atoms with Crippen molar-refractivity contribution in [2.75, 3.05) is 27.2 Å². The first-order valence-electron chi connectivity index (χ1n) is 8.45. The Hall–Kier alpha value is -1.51. The van der Waals surface area contributed by atoms with Gasteiger partial charge in [0.2, 0.25) is 5.91 Å². The molecule has 1 fully saturated rings. The van der Waals surface area contributed by atoms with Crippen molar-refractivity contribution in [2.24, 2.45) is 4.99 Å². The number of hydrogen-bond acceptors (Lipinski definition) is 3. The average Bonchev–Trinajstić information content (AvgIpc) is 3.06. The zero-order valence-electron chi connectivity index (χ0n) is 15.5. The first-order valence-corrected chi connectivity index (χ1v) is 8.45. The summed E-state index contributed by atoms with van der Waals surface area (Å²) in [6, 6.07) is 6.39. The van der Waals surface area contributed by atoms with E-state index < -0.39 is 0 Å². The second-order valence-electron chi connectivity index (χ2n) is 6.05. The molecule has 1 unspecified atom stereocenters. The predicted molar refractivity (Wildman–Crippen MR) is 112 cm³/mol. The number of ether oxygens (including phenoxy) is 1. The Labute approximate surface area is 167 Å². The van der Waals surface area contributed by atoms with Crippen LogP contribution in [-0.4, -0.2) is 50.1 Å². The highest BCUT2D eigenvalue weighted by atomic mass is 127. The third-order valence-electron chi connectivity index (χ3n) is 4.33. The number of carbonyl (C=O) groups is 1. The molecule has 1 atom stereocenters. The summed E-state index contributed by atoms with van der Waals surface area (Å²) in [4.78, 5) is 17.9. The summed E-state index contributed by atoms with van der Waals surface area (Å²) in [7, 11) is 3.44. The number of hydrogen-bond donors (Lipinski definition) is 2. The van der Waals surface area contributed by atoms with Crippen LogP contribution >= 0.6 is 24.0 Å². The molecule has 0 saturated carbocycles. The number of amides is 1. The first-order chi connectivity index (χ1) is 11.6. The van der Waals surface area contributed by atoms with Gasteiger partial charge in [-0.2, -0.15) is 0 Å². The number of guanidine groups is 1. The normalized spacial score (nSPS) is 17.0. The number of methoxy groups -OCH3 is 1. The predicted octanol–water partition coefficient (Wildman–Crippen LogP) is 2.30. The Morgan fingerprint density at radius 2 is 2.20 bits per heavy atom. The van der Waals surface area contributed by atoms with Crippen molar-refractivity contribution in [1.29, 1.82) is 0 Å². The molecule has 1 heterocycles. The summed E-state index contributed by atoms with van der Waals surface area (Å²) in [5.41, 5.74) is 2.29. The minimum absolute atomic E-state index is 0. The van der Waals surface area contributed by atoms with Gasteiger partial charge in [-0.05, 0) is 30.5 Å². The summed E-state index contributed by atoms with van der Waals surface area (Å²) in [5, 5.41) is 6.73. The van der Waals surface area contributed by atoms with Crippen LogP contribution in [0.4, 0.5) is 0 Å². The number of aryl methyl sites for hydroxylation is 1. The summed E-state index contributed by atoms with van der Waals surface area (Å²) in [6.45, 7) is 6.19. The van der Waals surface area contributed by atoms with E-state index in [0.29, 0.717) is 13.0 Å². The van der Waals surface area contributed by atoms with E-state index in [-0.39, 0.29) is 35.9 Å². The van der Waals surface area contributed by atoms with Gasteiger partial charge in [0.15, 0.2) is 5.96 Å². The van der Waals surface area contributed by atoms with E-state index in [9.17, 15) is 4.79 Å². The van der Waals surface area contributed by atoms with Gasteiger partial charge in [0.1, 0.15) is 5.75 Å². The number of benzene rings is 1. The van der Waals surface area contributed by atoms with Crippen LogP contribution in [-0.2, 0) is 11.3 Å². The molecule has 25 heavy (non-hydrogen) atoms. The maximum Gasteiger partial charge on any atom is 0.222 e. The maximum atomic E-state index is 11.8. The molecule has 140 valence electrons. The minimum atomic E-state index is 0. The van der Waals surface area contributed by atoms with E-state index in [2.05, 4.69) is 21.7 Å². The molecule has 0 radical (unpaired) electrons. The van der Waals surface area contributed by atoms with E-state index in [1.54, 1.807) is 14.2 Å². The van der Waals surface area contributed by atoms with Gasteiger partial charge >= 0.3 is 0 Å². The highest BCUT2D eigenvalue weighted by Crippen LogP contribution is 2.18. The van der Waals surface area contributed by atoms with Crippen molar-refractivity contribution >= 4 is 35.8 Å². The summed E-state index contributed by atoms with van der Waals surface area (Å²) in [6.07, 6.45) is 1.52.